The van der Waals surface area contributed by atoms with Crippen LogP contribution < -0.4 is 15.4 Å². The molecule has 1 aliphatic heterocycles. The summed E-state index contributed by atoms with van der Waals surface area (Å²) in [7, 11) is 3.25. The molecule has 0 bridgehead atoms. The minimum atomic E-state index is -0.324. The van der Waals surface area contributed by atoms with Crippen molar-refractivity contribution in [2.75, 3.05) is 45.7 Å². The molecule has 1 amide bonds. The molecule has 28 heavy (non-hydrogen) atoms. The van der Waals surface area contributed by atoms with Gasteiger partial charge in [0.1, 0.15) is 24.6 Å². The number of nitrogens with one attached hydrogen (secondary N) is 2. The van der Waals surface area contributed by atoms with E-state index >= 15 is 0 Å². The molecule has 1 unspecified atom stereocenters. The number of morpholine rings is 1. The summed E-state index contributed by atoms with van der Waals surface area (Å²) >= 11 is 0. The molecule has 3 heterocycles. The molecule has 0 radical (unpaired) electrons. The average molecular weight is 384 g/mol. The van der Waals surface area contributed by atoms with Crippen molar-refractivity contribution in [3.05, 3.63) is 29.8 Å². The number of hydrogen-bond acceptors (Lipinski definition) is 10. The number of nitriles is 1. The molecule has 0 saturated carbocycles. The van der Waals surface area contributed by atoms with E-state index in [2.05, 4.69) is 30.8 Å². The summed E-state index contributed by atoms with van der Waals surface area (Å²) in [4.78, 5) is 21.8. The maximum Gasteiger partial charge on any atom is 0.277 e. The van der Waals surface area contributed by atoms with E-state index in [0.29, 0.717) is 24.8 Å². The van der Waals surface area contributed by atoms with Crippen molar-refractivity contribution >= 4 is 17.5 Å². The number of nitrogens with zero attached hydrogens (tertiary/aromatic N) is 6. The molecule has 1 fully saturated rings. The maximum absolute atomic E-state index is 12.4. The van der Waals surface area contributed by atoms with Crippen LogP contribution in [0.3, 0.4) is 0 Å². The molecule has 146 valence electrons. The summed E-state index contributed by atoms with van der Waals surface area (Å²) in [6.07, 6.45) is 2.62. The van der Waals surface area contributed by atoms with E-state index in [-0.39, 0.29) is 35.8 Å². The normalized spacial score (nSPS) is 16.1. The van der Waals surface area contributed by atoms with Crippen LogP contribution in [0.2, 0.25) is 0 Å². The molecule has 11 heteroatoms. The van der Waals surface area contributed by atoms with Crippen LogP contribution in [-0.4, -0.2) is 77.5 Å². The second-order valence-corrected chi connectivity index (χ2v) is 6.17. The maximum atomic E-state index is 12.4. The van der Waals surface area contributed by atoms with Gasteiger partial charge in [-0.15, -0.1) is 10.2 Å². The topological polar surface area (TPSA) is 138 Å². The van der Waals surface area contributed by atoms with E-state index in [1.165, 1.54) is 17.3 Å². The molecule has 2 aromatic heterocycles. The van der Waals surface area contributed by atoms with Crippen LogP contribution in [-0.2, 0) is 4.74 Å². The Bertz CT molecular complexity index is 860. The van der Waals surface area contributed by atoms with Gasteiger partial charge in [0, 0.05) is 33.3 Å². The third-order valence-electron chi connectivity index (χ3n) is 3.82. The van der Waals surface area contributed by atoms with E-state index in [1.807, 2.05) is 6.07 Å². The van der Waals surface area contributed by atoms with Crippen molar-refractivity contribution in [3.8, 4) is 11.8 Å². The Morgan fingerprint density at radius 1 is 1.39 bits per heavy atom. The number of aromatic nitrogens is 4. The van der Waals surface area contributed by atoms with Gasteiger partial charge in [-0.25, -0.2) is 9.97 Å². The molecular formula is C17H20N8O3. The van der Waals surface area contributed by atoms with Crippen molar-refractivity contribution in [1.82, 2.24) is 30.4 Å². The van der Waals surface area contributed by atoms with Crippen molar-refractivity contribution in [3.63, 3.8) is 0 Å². The van der Waals surface area contributed by atoms with E-state index < -0.39 is 0 Å². The molecule has 2 N–H and O–H groups in total. The number of carbonyl (C=O) groups excluding carboxylic acids is 1. The number of rotatable bonds is 6. The lowest BCUT2D eigenvalue weighted by Gasteiger charge is -2.24. The quantitative estimate of drug-likeness (QED) is 0.697. The fourth-order valence-corrected chi connectivity index (χ4v) is 2.40. The SMILES string of the molecule is CN(C)C(=O)c1nnc(Nc2cnc(C#N)cn2)cc1OCC1CNCCO1. The van der Waals surface area contributed by atoms with Crippen LogP contribution in [0.4, 0.5) is 11.6 Å². The standard InChI is InChI=1S/C17H20N8O3/c1-25(2)17(26)16-13(28-10-12-8-19-3-4-27-12)5-14(23-24-16)22-15-9-20-11(6-18)7-21-15/h5,7,9,12,19H,3-4,8,10H2,1-2H3,(H,21,22,23). The molecule has 0 spiro atoms. The predicted molar refractivity (Wildman–Crippen MR) is 98.2 cm³/mol. The Labute approximate surface area is 161 Å². The van der Waals surface area contributed by atoms with E-state index in [4.69, 9.17) is 14.7 Å². The molecule has 0 aliphatic carbocycles. The highest BCUT2D eigenvalue weighted by molar-refractivity contribution is 5.94. The van der Waals surface area contributed by atoms with Gasteiger partial charge in [-0.05, 0) is 0 Å². The number of amides is 1. The van der Waals surface area contributed by atoms with Gasteiger partial charge < -0.3 is 25.0 Å². The van der Waals surface area contributed by atoms with Crippen molar-refractivity contribution in [2.24, 2.45) is 0 Å². The third-order valence-corrected chi connectivity index (χ3v) is 3.82. The monoisotopic (exact) mass is 384 g/mol. The summed E-state index contributed by atoms with van der Waals surface area (Å²) in [5.41, 5.74) is 0.305. The fraction of sp³-hybridized carbons (Fsp3) is 0.412. The highest BCUT2D eigenvalue weighted by Crippen LogP contribution is 2.22. The first-order valence-electron chi connectivity index (χ1n) is 8.60. The second-order valence-electron chi connectivity index (χ2n) is 6.17. The number of ether oxygens (including phenoxy) is 2. The van der Waals surface area contributed by atoms with Crippen LogP contribution in [0, 0.1) is 11.3 Å². The summed E-state index contributed by atoms with van der Waals surface area (Å²) in [5, 5.41) is 22.9. The lowest BCUT2D eigenvalue weighted by Crippen LogP contribution is -2.41. The smallest absolute Gasteiger partial charge is 0.277 e. The van der Waals surface area contributed by atoms with Crippen molar-refractivity contribution in [1.29, 1.82) is 5.26 Å². The summed E-state index contributed by atoms with van der Waals surface area (Å²) in [6.45, 7) is 2.34. The van der Waals surface area contributed by atoms with Crippen LogP contribution in [0.15, 0.2) is 18.5 Å². The average Bonchev–Trinajstić information content (AvgIpc) is 2.73. The van der Waals surface area contributed by atoms with Gasteiger partial charge in [-0.1, -0.05) is 0 Å². The van der Waals surface area contributed by atoms with E-state index in [0.717, 1.165) is 6.54 Å². The van der Waals surface area contributed by atoms with Gasteiger partial charge in [0.15, 0.2) is 23.0 Å². The van der Waals surface area contributed by atoms with Gasteiger partial charge in [-0.3, -0.25) is 4.79 Å². The van der Waals surface area contributed by atoms with E-state index in [9.17, 15) is 4.79 Å². The van der Waals surface area contributed by atoms with Crippen molar-refractivity contribution < 1.29 is 14.3 Å². The van der Waals surface area contributed by atoms with Crippen LogP contribution in [0.5, 0.6) is 5.75 Å². The largest absolute Gasteiger partial charge is 0.488 e. The first kappa shape index (κ1) is 19.4. The molecule has 1 saturated heterocycles. The van der Waals surface area contributed by atoms with Gasteiger partial charge in [0.25, 0.3) is 5.91 Å². The van der Waals surface area contributed by atoms with Gasteiger partial charge >= 0.3 is 0 Å². The lowest BCUT2D eigenvalue weighted by atomic mass is 10.3. The molecule has 1 aliphatic rings. The Balaban J connectivity index is 1.79. The second kappa shape index (κ2) is 9.03. The first-order chi connectivity index (χ1) is 13.6. The molecule has 11 nitrogen and oxygen atoms in total. The zero-order valence-electron chi connectivity index (χ0n) is 15.5. The Hall–Kier alpha value is -3.36. The van der Waals surface area contributed by atoms with Crippen molar-refractivity contribution in [2.45, 2.75) is 6.10 Å². The molecule has 2 aromatic rings. The fourth-order valence-electron chi connectivity index (χ4n) is 2.40. The minimum Gasteiger partial charge on any atom is -0.488 e. The third kappa shape index (κ3) is 4.87. The molecule has 3 rings (SSSR count). The highest BCUT2D eigenvalue weighted by atomic mass is 16.5. The van der Waals surface area contributed by atoms with Crippen LogP contribution in [0.1, 0.15) is 16.2 Å². The minimum absolute atomic E-state index is 0.102. The zero-order valence-corrected chi connectivity index (χ0v) is 15.5. The number of anilines is 2. The first-order valence-corrected chi connectivity index (χ1v) is 8.60. The molecule has 1 atom stereocenters. The number of hydrogen-bond donors (Lipinski definition) is 2. The predicted octanol–water partition coefficient (Wildman–Crippen LogP) is -0.0491. The Morgan fingerprint density at radius 2 is 2.25 bits per heavy atom. The van der Waals surface area contributed by atoms with Gasteiger partial charge in [-0.2, -0.15) is 5.26 Å². The lowest BCUT2D eigenvalue weighted by molar-refractivity contribution is -0.000145. The number of carbonyl (C=O) groups is 1. The Kier molecular flexibility index (Phi) is 6.25. The zero-order chi connectivity index (χ0) is 19.9. The Morgan fingerprint density at radius 3 is 2.89 bits per heavy atom. The van der Waals surface area contributed by atoms with Crippen LogP contribution in [0.25, 0.3) is 0 Å². The summed E-state index contributed by atoms with van der Waals surface area (Å²) < 4.78 is 11.4. The van der Waals surface area contributed by atoms with Gasteiger partial charge in [0.2, 0.25) is 0 Å². The van der Waals surface area contributed by atoms with Crippen LogP contribution >= 0.6 is 0 Å². The highest BCUT2D eigenvalue weighted by Gasteiger charge is 2.21. The van der Waals surface area contributed by atoms with Gasteiger partial charge in [0.05, 0.1) is 19.0 Å². The van der Waals surface area contributed by atoms with E-state index in [1.54, 1.807) is 20.2 Å². The molecular weight excluding hydrogens is 364 g/mol. The summed E-state index contributed by atoms with van der Waals surface area (Å²) in [5.74, 6) is 0.666. The summed E-state index contributed by atoms with van der Waals surface area (Å²) in [6, 6.07) is 3.47. The molecule has 0 aromatic carbocycles.